The van der Waals surface area contributed by atoms with Gasteiger partial charge in [0.15, 0.2) is 0 Å². The van der Waals surface area contributed by atoms with Crippen LogP contribution in [0.5, 0.6) is 0 Å². The first kappa shape index (κ1) is 7.80. The van der Waals surface area contributed by atoms with Gasteiger partial charge in [0.05, 0.1) is 0 Å². The zero-order valence-corrected chi connectivity index (χ0v) is 6.84. The highest BCUT2D eigenvalue weighted by atomic mass is 15.1. The van der Waals surface area contributed by atoms with Gasteiger partial charge >= 0.3 is 0 Å². The number of hydrogen-bond acceptors (Lipinski definition) is 1. The third kappa shape index (κ3) is 2.53. The molecule has 0 aromatic rings. The van der Waals surface area contributed by atoms with E-state index < -0.39 is 0 Å². The summed E-state index contributed by atoms with van der Waals surface area (Å²) in [6.07, 6.45) is 8.39. The summed E-state index contributed by atoms with van der Waals surface area (Å²) in [5.74, 6) is 0. The van der Waals surface area contributed by atoms with Gasteiger partial charge < -0.3 is 4.90 Å². The molecule has 0 saturated heterocycles. The Labute approximate surface area is 63.7 Å². The number of hydrogen-bond donors (Lipinski definition) is 0. The lowest BCUT2D eigenvalue weighted by Crippen LogP contribution is -2.25. The maximum atomic E-state index is 2.54. The van der Waals surface area contributed by atoms with E-state index in [0.29, 0.717) is 0 Å². The second-order valence-electron chi connectivity index (χ2n) is 2.89. The van der Waals surface area contributed by atoms with Crippen molar-refractivity contribution in [2.75, 3.05) is 19.6 Å². The van der Waals surface area contributed by atoms with Gasteiger partial charge in [-0.05, 0) is 25.8 Å². The molecular formula is C9H17N. The molecule has 1 heterocycles. The summed E-state index contributed by atoms with van der Waals surface area (Å²) >= 11 is 0. The van der Waals surface area contributed by atoms with E-state index in [9.17, 15) is 0 Å². The van der Waals surface area contributed by atoms with Gasteiger partial charge in [0, 0.05) is 13.1 Å². The average Bonchev–Trinajstić information content (AvgIpc) is 2.17. The van der Waals surface area contributed by atoms with Crippen molar-refractivity contribution in [2.45, 2.75) is 26.2 Å². The van der Waals surface area contributed by atoms with E-state index >= 15 is 0 Å². The van der Waals surface area contributed by atoms with Gasteiger partial charge in [-0.1, -0.05) is 19.1 Å². The monoisotopic (exact) mass is 139 g/mol. The highest BCUT2D eigenvalue weighted by Crippen LogP contribution is 2.02. The van der Waals surface area contributed by atoms with Gasteiger partial charge in [-0.2, -0.15) is 0 Å². The van der Waals surface area contributed by atoms with E-state index in [1.165, 1.54) is 38.9 Å². The summed E-state index contributed by atoms with van der Waals surface area (Å²) < 4.78 is 0. The zero-order chi connectivity index (χ0) is 7.23. The molecule has 58 valence electrons. The van der Waals surface area contributed by atoms with E-state index in [-0.39, 0.29) is 0 Å². The largest absolute Gasteiger partial charge is 0.303 e. The van der Waals surface area contributed by atoms with Crippen molar-refractivity contribution < 1.29 is 0 Å². The molecule has 0 aromatic heterocycles. The van der Waals surface area contributed by atoms with Gasteiger partial charge in [0.1, 0.15) is 0 Å². The van der Waals surface area contributed by atoms with Crippen molar-refractivity contribution in [2.24, 2.45) is 0 Å². The maximum absolute atomic E-state index is 2.54. The Morgan fingerprint density at radius 2 is 1.80 bits per heavy atom. The molecule has 0 spiro atoms. The van der Waals surface area contributed by atoms with Crippen LogP contribution < -0.4 is 0 Å². The van der Waals surface area contributed by atoms with Gasteiger partial charge in [-0.25, -0.2) is 0 Å². The minimum Gasteiger partial charge on any atom is -0.303 e. The van der Waals surface area contributed by atoms with Crippen LogP contribution in [-0.4, -0.2) is 24.5 Å². The van der Waals surface area contributed by atoms with Gasteiger partial charge in [0.25, 0.3) is 0 Å². The Bertz CT molecular complexity index is 97.3. The molecule has 0 fully saturated rings. The predicted molar refractivity (Wildman–Crippen MR) is 45.1 cm³/mol. The molecule has 0 radical (unpaired) electrons. The molecule has 1 nitrogen and oxygen atoms in total. The predicted octanol–water partition coefficient (Wildman–Crippen LogP) is 2.05. The molecule has 0 unspecified atom stereocenters. The molecule has 10 heavy (non-hydrogen) atoms. The molecule has 0 saturated carbocycles. The molecule has 0 amide bonds. The topological polar surface area (TPSA) is 3.24 Å². The molecule has 0 bridgehead atoms. The maximum Gasteiger partial charge on any atom is 0.00160 e. The summed E-state index contributed by atoms with van der Waals surface area (Å²) in [5.41, 5.74) is 0. The van der Waals surface area contributed by atoms with Crippen molar-refractivity contribution in [3.63, 3.8) is 0 Å². The first-order chi connectivity index (χ1) is 4.93. The molecule has 1 heteroatoms. The van der Waals surface area contributed by atoms with Crippen molar-refractivity contribution in [1.82, 2.24) is 4.90 Å². The molecule has 0 aromatic carbocycles. The summed E-state index contributed by atoms with van der Waals surface area (Å²) in [4.78, 5) is 2.54. The van der Waals surface area contributed by atoms with E-state index in [1.54, 1.807) is 0 Å². The fraction of sp³-hybridized carbons (Fsp3) is 0.778. The summed E-state index contributed by atoms with van der Waals surface area (Å²) in [6, 6.07) is 0. The zero-order valence-electron chi connectivity index (χ0n) is 6.84. The highest BCUT2D eigenvalue weighted by Gasteiger charge is 2.02. The van der Waals surface area contributed by atoms with Crippen LogP contribution in [0, 0.1) is 0 Å². The Balaban J connectivity index is 2.20. The average molecular weight is 139 g/mol. The molecule has 1 aliphatic rings. The highest BCUT2D eigenvalue weighted by molar-refractivity contribution is 4.86. The fourth-order valence-electron chi connectivity index (χ4n) is 1.40. The number of rotatable bonds is 2. The summed E-state index contributed by atoms with van der Waals surface area (Å²) in [7, 11) is 0. The normalized spacial score (nSPS) is 20.9. The second-order valence-corrected chi connectivity index (χ2v) is 2.89. The van der Waals surface area contributed by atoms with Crippen LogP contribution in [0.15, 0.2) is 12.2 Å². The van der Waals surface area contributed by atoms with Crippen LogP contribution >= 0.6 is 0 Å². The summed E-state index contributed by atoms with van der Waals surface area (Å²) in [6.45, 7) is 6.06. The Hall–Kier alpha value is -0.300. The Morgan fingerprint density at radius 3 is 2.30 bits per heavy atom. The Morgan fingerprint density at radius 1 is 1.20 bits per heavy atom. The third-order valence-electron chi connectivity index (χ3n) is 1.93. The van der Waals surface area contributed by atoms with Crippen molar-refractivity contribution in [3.05, 3.63) is 12.2 Å². The lowest BCUT2D eigenvalue weighted by molar-refractivity contribution is 0.290. The van der Waals surface area contributed by atoms with Crippen LogP contribution in [0.4, 0.5) is 0 Å². The third-order valence-corrected chi connectivity index (χ3v) is 1.93. The second kappa shape index (κ2) is 4.51. The summed E-state index contributed by atoms with van der Waals surface area (Å²) in [5, 5.41) is 0. The van der Waals surface area contributed by atoms with Crippen LogP contribution in [-0.2, 0) is 0 Å². The Kier molecular flexibility index (Phi) is 3.52. The molecule has 1 rings (SSSR count). The van der Waals surface area contributed by atoms with Gasteiger partial charge in [-0.15, -0.1) is 0 Å². The van der Waals surface area contributed by atoms with Crippen LogP contribution in [0.3, 0.4) is 0 Å². The van der Waals surface area contributed by atoms with E-state index in [0.717, 1.165) is 0 Å². The fourth-order valence-corrected chi connectivity index (χ4v) is 1.40. The molecule has 0 atom stereocenters. The van der Waals surface area contributed by atoms with Gasteiger partial charge in [-0.3, -0.25) is 0 Å². The molecular weight excluding hydrogens is 122 g/mol. The van der Waals surface area contributed by atoms with Crippen molar-refractivity contribution >= 4 is 0 Å². The van der Waals surface area contributed by atoms with Crippen LogP contribution in [0.2, 0.25) is 0 Å². The van der Waals surface area contributed by atoms with E-state index in [1.807, 2.05) is 0 Å². The first-order valence-corrected chi connectivity index (χ1v) is 4.31. The SMILES string of the molecule is CCCN1CCC=CCC1. The van der Waals surface area contributed by atoms with Crippen LogP contribution in [0.1, 0.15) is 26.2 Å². The smallest absolute Gasteiger partial charge is 0.00160 e. The molecule has 1 aliphatic heterocycles. The molecule has 0 N–H and O–H groups in total. The van der Waals surface area contributed by atoms with Gasteiger partial charge in [0.2, 0.25) is 0 Å². The van der Waals surface area contributed by atoms with E-state index in [2.05, 4.69) is 24.0 Å². The van der Waals surface area contributed by atoms with Crippen molar-refractivity contribution in [1.29, 1.82) is 0 Å². The minimum atomic E-state index is 1.25. The van der Waals surface area contributed by atoms with Crippen LogP contribution in [0.25, 0.3) is 0 Å². The lowest BCUT2D eigenvalue weighted by atomic mass is 10.3. The standard InChI is InChI=1S/C9H17N/c1-2-7-10-8-5-3-4-6-9-10/h3-4H,2,5-9H2,1H3. The number of nitrogens with zero attached hydrogens (tertiary/aromatic N) is 1. The van der Waals surface area contributed by atoms with Crippen molar-refractivity contribution in [3.8, 4) is 0 Å². The first-order valence-electron chi connectivity index (χ1n) is 4.31. The minimum absolute atomic E-state index is 1.25. The van der Waals surface area contributed by atoms with E-state index in [4.69, 9.17) is 0 Å². The lowest BCUT2D eigenvalue weighted by Gasteiger charge is -2.17. The molecule has 0 aliphatic carbocycles. The quantitative estimate of drug-likeness (QED) is 0.529.